The van der Waals surface area contributed by atoms with Crippen molar-refractivity contribution in [2.45, 2.75) is 6.54 Å². The second kappa shape index (κ2) is 9.60. The van der Waals surface area contributed by atoms with Gasteiger partial charge in [0, 0.05) is 38.1 Å². The molecular formula is C25H26N2O2. The summed E-state index contributed by atoms with van der Waals surface area (Å²) in [4.78, 5) is 13.5. The lowest BCUT2D eigenvalue weighted by Gasteiger charge is -2.20. The van der Waals surface area contributed by atoms with E-state index in [-0.39, 0.29) is 5.97 Å². The maximum absolute atomic E-state index is 11.3. The maximum Gasteiger partial charge on any atom is 0.330 e. The number of carbonyl (C=O) groups excluding carboxylic acids is 1. The van der Waals surface area contributed by atoms with Crippen molar-refractivity contribution in [3.05, 3.63) is 90.0 Å². The van der Waals surface area contributed by atoms with E-state index in [0.29, 0.717) is 0 Å². The third kappa shape index (κ3) is 5.48. The van der Waals surface area contributed by atoms with E-state index in [0.717, 1.165) is 23.5 Å². The maximum atomic E-state index is 11.3. The molecule has 0 unspecified atom stereocenters. The highest BCUT2D eigenvalue weighted by molar-refractivity contribution is 5.87. The molecule has 3 aromatic carbocycles. The van der Waals surface area contributed by atoms with Crippen molar-refractivity contribution >= 4 is 23.4 Å². The zero-order valence-corrected chi connectivity index (χ0v) is 17.1. The van der Waals surface area contributed by atoms with E-state index in [4.69, 9.17) is 0 Å². The molecule has 0 saturated heterocycles. The van der Waals surface area contributed by atoms with Crippen molar-refractivity contribution in [2.75, 3.05) is 31.4 Å². The van der Waals surface area contributed by atoms with Crippen LogP contribution in [-0.2, 0) is 16.1 Å². The Hall–Kier alpha value is -3.53. The fraction of sp³-hybridized carbons (Fsp3) is 0.160. The number of carbonyl (C=O) groups is 1. The number of hydrogen-bond donors (Lipinski definition) is 1. The Bertz CT molecular complexity index is 976. The quantitative estimate of drug-likeness (QED) is 0.447. The van der Waals surface area contributed by atoms with Crippen molar-refractivity contribution in [2.24, 2.45) is 0 Å². The van der Waals surface area contributed by atoms with Gasteiger partial charge in [-0.3, -0.25) is 0 Å². The van der Waals surface area contributed by atoms with E-state index < -0.39 is 0 Å². The predicted molar refractivity (Wildman–Crippen MR) is 121 cm³/mol. The number of anilines is 2. The van der Waals surface area contributed by atoms with Crippen LogP contribution in [0.25, 0.3) is 17.2 Å². The van der Waals surface area contributed by atoms with Gasteiger partial charge >= 0.3 is 5.97 Å². The molecule has 3 aromatic rings. The van der Waals surface area contributed by atoms with E-state index >= 15 is 0 Å². The fourth-order valence-corrected chi connectivity index (χ4v) is 3.10. The molecule has 1 N–H and O–H groups in total. The van der Waals surface area contributed by atoms with Gasteiger partial charge < -0.3 is 15.0 Å². The SMILES string of the molecule is CNc1ccc(-c2ccc(CN(C)c3cccc(/C=C/C(=O)OC)c3)cc2)cc1. The topological polar surface area (TPSA) is 41.6 Å². The third-order valence-corrected chi connectivity index (χ3v) is 4.80. The van der Waals surface area contributed by atoms with Crippen LogP contribution in [0.4, 0.5) is 11.4 Å². The number of hydrogen-bond acceptors (Lipinski definition) is 4. The van der Waals surface area contributed by atoms with Crippen LogP contribution in [0.3, 0.4) is 0 Å². The Balaban J connectivity index is 1.68. The van der Waals surface area contributed by atoms with Gasteiger partial charge in [0.15, 0.2) is 0 Å². The summed E-state index contributed by atoms with van der Waals surface area (Å²) in [6, 6.07) is 25.1. The van der Waals surface area contributed by atoms with Crippen LogP contribution in [0, 0.1) is 0 Å². The first-order valence-corrected chi connectivity index (χ1v) is 9.53. The molecule has 4 heteroatoms. The van der Waals surface area contributed by atoms with Crippen LogP contribution >= 0.6 is 0 Å². The summed E-state index contributed by atoms with van der Waals surface area (Å²) in [6.45, 7) is 0.795. The number of rotatable bonds is 7. The molecule has 0 aliphatic rings. The van der Waals surface area contributed by atoms with Gasteiger partial charge in [0.25, 0.3) is 0 Å². The minimum atomic E-state index is -0.357. The van der Waals surface area contributed by atoms with Gasteiger partial charge in [0.1, 0.15) is 0 Å². The summed E-state index contributed by atoms with van der Waals surface area (Å²) in [7, 11) is 5.36. The molecular weight excluding hydrogens is 360 g/mol. The highest BCUT2D eigenvalue weighted by atomic mass is 16.5. The molecule has 0 heterocycles. The Kier molecular flexibility index (Phi) is 6.69. The summed E-state index contributed by atoms with van der Waals surface area (Å²) in [5.41, 5.74) is 6.79. The molecule has 0 aliphatic carbocycles. The minimum Gasteiger partial charge on any atom is -0.466 e. The molecule has 4 nitrogen and oxygen atoms in total. The normalized spacial score (nSPS) is 10.7. The van der Waals surface area contributed by atoms with Crippen LogP contribution in [-0.4, -0.2) is 27.2 Å². The summed E-state index contributed by atoms with van der Waals surface area (Å²) in [6.07, 6.45) is 3.19. The number of ether oxygens (including phenoxy) is 1. The smallest absolute Gasteiger partial charge is 0.330 e. The molecule has 0 saturated carbocycles. The van der Waals surface area contributed by atoms with E-state index in [1.165, 1.54) is 29.9 Å². The van der Waals surface area contributed by atoms with Crippen molar-refractivity contribution in [1.29, 1.82) is 0 Å². The van der Waals surface area contributed by atoms with Gasteiger partial charge in [-0.1, -0.05) is 48.5 Å². The standard InChI is InChI=1S/C25H26N2O2/c1-26-23-14-12-22(13-15-23)21-10-7-20(8-11-21)18-27(2)24-6-4-5-19(17-24)9-16-25(28)29-3/h4-17,26H,18H2,1-3H3/b16-9+. The Morgan fingerprint density at radius 2 is 1.66 bits per heavy atom. The van der Waals surface area contributed by atoms with Gasteiger partial charge in [-0.05, 0) is 52.6 Å². The Morgan fingerprint density at radius 1 is 1.00 bits per heavy atom. The molecule has 0 amide bonds. The van der Waals surface area contributed by atoms with Crippen molar-refractivity contribution in [3.63, 3.8) is 0 Å². The average molecular weight is 386 g/mol. The zero-order valence-electron chi connectivity index (χ0n) is 17.1. The summed E-state index contributed by atoms with van der Waals surface area (Å²) < 4.78 is 4.64. The van der Waals surface area contributed by atoms with Crippen molar-refractivity contribution in [1.82, 2.24) is 0 Å². The van der Waals surface area contributed by atoms with Crippen LogP contribution in [0.5, 0.6) is 0 Å². The summed E-state index contributed by atoms with van der Waals surface area (Å²) in [5, 5.41) is 3.14. The second-order valence-corrected chi connectivity index (χ2v) is 6.83. The van der Waals surface area contributed by atoms with Crippen LogP contribution < -0.4 is 10.2 Å². The third-order valence-electron chi connectivity index (χ3n) is 4.80. The zero-order chi connectivity index (χ0) is 20.6. The lowest BCUT2D eigenvalue weighted by molar-refractivity contribution is -0.134. The molecule has 0 aromatic heterocycles. The Labute approximate surface area is 172 Å². The Morgan fingerprint density at radius 3 is 2.28 bits per heavy atom. The molecule has 0 fully saturated rings. The minimum absolute atomic E-state index is 0.357. The molecule has 0 spiro atoms. The number of methoxy groups -OCH3 is 1. The number of nitrogens with zero attached hydrogens (tertiary/aromatic N) is 1. The fourth-order valence-electron chi connectivity index (χ4n) is 3.10. The van der Waals surface area contributed by atoms with Gasteiger partial charge in [-0.2, -0.15) is 0 Å². The van der Waals surface area contributed by atoms with E-state index in [1.807, 2.05) is 19.2 Å². The highest BCUT2D eigenvalue weighted by Crippen LogP contribution is 2.23. The van der Waals surface area contributed by atoms with Crippen LogP contribution in [0.2, 0.25) is 0 Å². The predicted octanol–water partition coefficient (Wildman–Crippen LogP) is 5.22. The van der Waals surface area contributed by atoms with E-state index in [2.05, 4.69) is 82.7 Å². The lowest BCUT2D eigenvalue weighted by atomic mass is 10.0. The van der Waals surface area contributed by atoms with Crippen LogP contribution in [0.1, 0.15) is 11.1 Å². The molecule has 3 rings (SSSR count). The molecule has 0 atom stereocenters. The number of benzene rings is 3. The highest BCUT2D eigenvalue weighted by Gasteiger charge is 2.04. The number of esters is 1. The van der Waals surface area contributed by atoms with Crippen molar-refractivity contribution < 1.29 is 9.53 Å². The lowest BCUT2D eigenvalue weighted by Crippen LogP contribution is -2.16. The molecule has 0 radical (unpaired) electrons. The monoisotopic (exact) mass is 386 g/mol. The van der Waals surface area contributed by atoms with E-state index in [1.54, 1.807) is 6.08 Å². The van der Waals surface area contributed by atoms with Gasteiger partial charge in [-0.25, -0.2) is 4.79 Å². The first kappa shape index (κ1) is 20.2. The molecule has 0 bridgehead atoms. The molecule has 0 aliphatic heterocycles. The van der Waals surface area contributed by atoms with Crippen LogP contribution in [0.15, 0.2) is 78.9 Å². The van der Waals surface area contributed by atoms with Gasteiger partial charge in [0.05, 0.1) is 7.11 Å². The van der Waals surface area contributed by atoms with Gasteiger partial charge in [0.2, 0.25) is 0 Å². The van der Waals surface area contributed by atoms with Gasteiger partial charge in [-0.15, -0.1) is 0 Å². The second-order valence-electron chi connectivity index (χ2n) is 6.83. The first-order chi connectivity index (χ1) is 14.1. The molecule has 148 valence electrons. The number of nitrogens with one attached hydrogen (secondary N) is 1. The summed E-state index contributed by atoms with van der Waals surface area (Å²) in [5.74, 6) is -0.357. The molecule has 29 heavy (non-hydrogen) atoms. The summed E-state index contributed by atoms with van der Waals surface area (Å²) >= 11 is 0. The average Bonchev–Trinajstić information content (AvgIpc) is 2.78. The first-order valence-electron chi connectivity index (χ1n) is 9.53. The van der Waals surface area contributed by atoms with Crippen molar-refractivity contribution in [3.8, 4) is 11.1 Å². The largest absolute Gasteiger partial charge is 0.466 e. The van der Waals surface area contributed by atoms with E-state index in [9.17, 15) is 4.79 Å².